The fourth-order valence-corrected chi connectivity index (χ4v) is 7.45. The van der Waals surface area contributed by atoms with Gasteiger partial charge in [0, 0.05) is 71.0 Å². The number of hydrogen-bond acceptors (Lipinski definition) is 12. The zero-order chi connectivity index (χ0) is 51.8. The molecule has 3 rings (SSSR count). The maximum absolute atomic E-state index is 13.3. The largest absolute Gasteiger partial charge is 0.449 e. The van der Waals surface area contributed by atoms with Gasteiger partial charge in [0.2, 0.25) is 39.2 Å². The van der Waals surface area contributed by atoms with Crippen molar-refractivity contribution in [3.05, 3.63) is 59.7 Å². The second-order valence-electron chi connectivity index (χ2n) is 16.0. The monoisotopic (exact) mass is 1030 g/mol. The van der Waals surface area contributed by atoms with Crippen LogP contribution in [0.3, 0.4) is 0 Å². The molecule has 0 aliphatic heterocycles. The molecular weight excluding hydrogens is 974 g/mol. The Morgan fingerprint density at radius 1 is 0.600 bits per heavy atom. The molecular formula is C46H60BCl3N8O12. The van der Waals surface area contributed by atoms with Crippen molar-refractivity contribution in [1.29, 1.82) is 0 Å². The van der Waals surface area contributed by atoms with Crippen LogP contribution in [0.1, 0.15) is 63.5 Å². The maximum atomic E-state index is 13.3. The number of nitrogens with zero attached hydrogens (tertiary/aromatic N) is 4. The number of carbonyl (C=O) groups excluding carboxylic acids is 10. The van der Waals surface area contributed by atoms with Gasteiger partial charge in [-0.2, -0.15) is 0 Å². The summed E-state index contributed by atoms with van der Waals surface area (Å²) < 4.78 is 8.48. The Morgan fingerprint density at radius 2 is 1.07 bits per heavy atom. The zero-order valence-corrected chi connectivity index (χ0v) is 41.8. The molecule has 8 amide bonds. The molecule has 0 saturated heterocycles. The molecule has 70 heavy (non-hydrogen) atoms. The van der Waals surface area contributed by atoms with E-state index in [2.05, 4.69) is 21.3 Å². The number of amides is 8. The van der Waals surface area contributed by atoms with Crippen molar-refractivity contribution in [3.8, 4) is 11.1 Å². The number of ketones is 2. The lowest BCUT2D eigenvalue weighted by Gasteiger charge is -2.25. The number of halogens is 3. The predicted molar refractivity (Wildman–Crippen MR) is 261 cm³/mol. The van der Waals surface area contributed by atoms with Crippen LogP contribution in [0.25, 0.3) is 11.1 Å². The summed E-state index contributed by atoms with van der Waals surface area (Å²) >= 11 is 16.9. The standard InChI is InChI=1S/C46H60BCl3N8O12/c1-4-40(63)55(27-38(61)52-17-21-58(42(65)23-47)28-39(62)51-16-20-56(25-31(3)59)41(64)5-2)19-10-11-32(60)26-57(43(66)24-54-45(68)70-30-46(48,49)50)22-18-53-44(67)69-29-37-35-14-8-6-12-33(35)34-13-7-9-15-36(34)37/h6-9,12-15,37H,4-5,10-11,16-30H2,1-3H3,(H,51,62)(H,52,61)(H,53,67)(H,54,68). The maximum Gasteiger partial charge on any atom is 0.407 e. The number of rotatable bonds is 29. The number of Topliss-reactive ketones (excluding diaryl/α,β-unsaturated/α-hetero) is 2. The van der Waals surface area contributed by atoms with E-state index in [1.165, 1.54) is 16.7 Å². The van der Waals surface area contributed by atoms with Crippen LogP contribution in [-0.4, -0.2) is 182 Å². The van der Waals surface area contributed by atoms with Crippen LogP contribution in [-0.2, 0) is 47.8 Å². The van der Waals surface area contributed by atoms with Crippen LogP contribution in [0.5, 0.6) is 0 Å². The van der Waals surface area contributed by atoms with Gasteiger partial charge in [-0.15, -0.1) is 0 Å². The summed E-state index contributed by atoms with van der Waals surface area (Å²) in [5, 5.41) is 10.1. The molecule has 0 bridgehead atoms. The summed E-state index contributed by atoms with van der Waals surface area (Å²) in [5.41, 5.74) is 4.16. The van der Waals surface area contributed by atoms with E-state index in [0.29, 0.717) is 0 Å². The average Bonchev–Trinajstić information content (AvgIpc) is 3.65. The number of fused-ring (bicyclic) bond motifs is 3. The zero-order valence-electron chi connectivity index (χ0n) is 39.5. The first-order valence-corrected chi connectivity index (χ1v) is 23.8. The van der Waals surface area contributed by atoms with Gasteiger partial charge in [-0.1, -0.05) is 97.2 Å². The molecule has 380 valence electrons. The fourth-order valence-electron chi connectivity index (χ4n) is 7.29. The van der Waals surface area contributed by atoms with Crippen LogP contribution in [0, 0.1) is 0 Å². The third-order valence-corrected chi connectivity index (χ3v) is 11.0. The van der Waals surface area contributed by atoms with Gasteiger partial charge in [0.1, 0.15) is 25.5 Å². The lowest BCUT2D eigenvalue weighted by molar-refractivity contribution is -0.136. The first-order chi connectivity index (χ1) is 33.3. The number of alkyl halides is 3. The van der Waals surface area contributed by atoms with Gasteiger partial charge in [0.05, 0.1) is 34.0 Å². The lowest BCUT2D eigenvalue weighted by Crippen LogP contribution is -2.47. The Morgan fingerprint density at radius 3 is 1.57 bits per heavy atom. The van der Waals surface area contributed by atoms with E-state index in [1.54, 1.807) is 13.8 Å². The van der Waals surface area contributed by atoms with Crippen LogP contribution >= 0.6 is 34.8 Å². The van der Waals surface area contributed by atoms with Gasteiger partial charge in [0.15, 0.2) is 5.78 Å². The molecule has 20 nitrogen and oxygen atoms in total. The highest BCUT2D eigenvalue weighted by Crippen LogP contribution is 2.44. The van der Waals surface area contributed by atoms with Crippen molar-refractivity contribution >= 4 is 102 Å². The molecule has 0 heterocycles. The van der Waals surface area contributed by atoms with E-state index in [9.17, 15) is 47.9 Å². The molecule has 24 heteroatoms. The SMILES string of the molecule is [B]CC(=O)N(CCNC(=O)CN(CCCC(=O)CN(CCNC(=O)OCC1c2ccccc2-c2ccccc21)C(=O)CNC(=O)OCC(Cl)(Cl)Cl)C(=O)CC)CC(=O)NCCN(CC(C)=O)C(=O)CC. The summed E-state index contributed by atoms with van der Waals surface area (Å²) in [6.45, 7) is 1.74. The summed E-state index contributed by atoms with van der Waals surface area (Å²) in [4.78, 5) is 131. The predicted octanol–water partition coefficient (Wildman–Crippen LogP) is 2.51. The van der Waals surface area contributed by atoms with Gasteiger partial charge < -0.3 is 50.3 Å². The summed E-state index contributed by atoms with van der Waals surface area (Å²) in [7, 11) is 5.54. The molecule has 0 spiro atoms. The van der Waals surface area contributed by atoms with Gasteiger partial charge in [-0.25, -0.2) is 9.59 Å². The quantitative estimate of drug-likeness (QED) is 0.0678. The molecule has 1 aliphatic rings. The topological polar surface area (TPSA) is 250 Å². The minimum atomic E-state index is -1.90. The van der Waals surface area contributed by atoms with Crippen LogP contribution < -0.4 is 21.3 Å². The van der Waals surface area contributed by atoms with Gasteiger partial charge in [-0.05, 0) is 41.9 Å². The normalized spacial score (nSPS) is 11.5. The fraction of sp³-hybridized carbons (Fsp3) is 0.522. The molecule has 0 fully saturated rings. The molecule has 0 unspecified atom stereocenters. The van der Waals surface area contributed by atoms with Crippen molar-refractivity contribution in [1.82, 2.24) is 40.9 Å². The Balaban J connectivity index is 1.52. The number of benzene rings is 2. The van der Waals surface area contributed by atoms with Crippen molar-refractivity contribution in [2.24, 2.45) is 0 Å². The molecule has 1 aliphatic carbocycles. The van der Waals surface area contributed by atoms with E-state index >= 15 is 0 Å². The Labute approximate surface area is 423 Å². The molecule has 0 aromatic heterocycles. The first-order valence-electron chi connectivity index (χ1n) is 22.7. The van der Waals surface area contributed by atoms with Crippen LogP contribution in [0.4, 0.5) is 9.59 Å². The molecule has 0 saturated carbocycles. The molecule has 2 radical (unpaired) electrons. The third kappa shape index (κ3) is 20.6. The Bertz CT molecular complexity index is 2140. The Hall–Kier alpha value is -5.93. The number of nitrogens with one attached hydrogen (secondary N) is 4. The molecule has 0 atom stereocenters. The van der Waals surface area contributed by atoms with Crippen molar-refractivity contribution < 1.29 is 57.4 Å². The van der Waals surface area contributed by atoms with Gasteiger partial charge in [0.25, 0.3) is 0 Å². The number of alkyl carbamates (subject to hydrolysis) is 2. The van der Waals surface area contributed by atoms with E-state index in [0.717, 1.165) is 32.1 Å². The number of ether oxygens (including phenoxy) is 2. The third-order valence-electron chi connectivity index (χ3n) is 10.7. The van der Waals surface area contributed by atoms with Gasteiger partial charge in [-0.3, -0.25) is 38.4 Å². The van der Waals surface area contributed by atoms with Crippen LogP contribution in [0.2, 0.25) is 6.32 Å². The van der Waals surface area contributed by atoms with E-state index in [4.69, 9.17) is 52.1 Å². The second-order valence-corrected chi connectivity index (χ2v) is 18.5. The number of carbonyl (C=O) groups is 10. The summed E-state index contributed by atoms with van der Waals surface area (Å²) in [5.74, 6) is -3.89. The van der Waals surface area contributed by atoms with Crippen molar-refractivity contribution in [2.75, 3.05) is 91.8 Å². The van der Waals surface area contributed by atoms with E-state index in [1.807, 2.05) is 48.5 Å². The Kier molecular flexibility index (Phi) is 25.0. The first kappa shape index (κ1) is 58.4. The molecule has 2 aromatic carbocycles. The van der Waals surface area contributed by atoms with Crippen LogP contribution in [0.15, 0.2) is 48.5 Å². The average molecular weight is 1030 g/mol. The molecule has 4 N–H and O–H groups in total. The molecule has 2 aromatic rings. The number of hydrogen-bond donors (Lipinski definition) is 4. The van der Waals surface area contributed by atoms with E-state index < -0.39 is 78.0 Å². The minimum Gasteiger partial charge on any atom is -0.449 e. The minimum absolute atomic E-state index is 0.00856. The highest BCUT2D eigenvalue weighted by molar-refractivity contribution is 6.67. The highest BCUT2D eigenvalue weighted by atomic mass is 35.6. The smallest absolute Gasteiger partial charge is 0.407 e. The van der Waals surface area contributed by atoms with Crippen molar-refractivity contribution in [3.63, 3.8) is 0 Å². The lowest BCUT2D eigenvalue weighted by atomic mass is 9.98. The second kappa shape index (κ2) is 30.0. The van der Waals surface area contributed by atoms with E-state index in [-0.39, 0.29) is 115 Å². The van der Waals surface area contributed by atoms with Crippen molar-refractivity contribution in [2.45, 2.75) is 62.5 Å². The van der Waals surface area contributed by atoms with Gasteiger partial charge >= 0.3 is 12.2 Å². The highest BCUT2D eigenvalue weighted by Gasteiger charge is 2.30. The summed E-state index contributed by atoms with van der Waals surface area (Å²) in [6, 6.07) is 15.7. The summed E-state index contributed by atoms with van der Waals surface area (Å²) in [6.07, 6.45) is -2.02.